The first-order valence-electron chi connectivity index (χ1n) is 7.21. The molecular weight excluding hydrogens is 283 g/mol. The molecule has 0 spiro atoms. The first kappa shape index (κ1) is 16.2. The predicted molar refractivity (Wildman–Crippen MR) is 83.2 cm³/mol. The van der Waals surface area contributed by atoms with E-state index in [1.54, 1.807) is 44.2 Å². The van der Waals surface area contributed by atoms with Crippen molar-refractivity contribution in [3.05, 3.63) is 59.4 Å². The van der Waals surface area contributed by atoms with Crippen LogP contribution in [0.3, 0.4) is 0 Å². The molecule has 0 fully saturated rings. The molecule has 2 unspecified atom stereocenters. The number of hydrogen-bond acceptors (Lipinski definition) is 2. The summed E-state index contributed by atoms with van der Waals surface area (Å²) in [4.78, 5) is 11.3. The number of hydrogen-bond donors (Lipinski definition) is 2. The summed E-state index contributed by atoms with van der Waals surface area (Å²) in [5.74, 6) is -2.27. The van der Waals surface area contributed by atoms with Crippen molar-refractivity contribution in [2.45, 2.75) is 32.3 Å². The molecule has 0 saturated carbocycles. The molecule has 0 aliphatic rings. The molecule has 0 amide bonds. The number of halogens is 1. The molecule has 116 valence electrons. The molecule has 0 radical (unpaired) electrons. The van der Waals surface area contributed by atoms with Crippen molar-refractivity contribution in [3.63, 3.8) is 0 Å². The molecule has 2 N–H and O–H groups in total. The first-order valence-corrected chi connectivity index (χ1v) is 7.21. The Morgan fingerprint density at radius 1 is 1.14 bits per heavy atom. The minimum absolute atomic E-state index is 0.272. The van der Waals surface area contributed by atoms with Crippen molar-refractivity contribution in [1.29, 1.82) is 0 Å². The van der Waals surface area contributed by atoms with Crippen LogP contribution in [0.5, 0.6) is 0 Å². The van der Waals surface area contributed by atoms with Crippen LogP contribution in [0.4, 0.5) is 4.39 Å². The summed E-state index contributed by atoms with van der Waals surface area (Å²) in [6.07, 6.45) is -0.567. The zero-order valence-corrected chi connectivity index (χ0v) is 12.6. The van der Waals surface area contributed by atoms with E-state index in [2.05, 4.69) is 0 Å². The maximum atomic E-state index is 13.6. The SMILES string of the molecule is CCC(O)C(C(=O)O)c1ccc(-c2ccc(C)c(F)c2)cc1. The molecule has 2 aromatic rings. The van der Waals surface area contributed by atoms with E-state index in [-0.39, 0.29) is 5.82 Å². The number of aliphatic hydroxyl groups excluding tert-OH is 1. The topological polar surface area (TPSA) is 57.5 Å². The summed E-state index contributed by atoms with van der Waals surface area (Å²) in [6.45, 7) is 3.44. The molecule has 22 heavy (non-hydrogen) atoms. The molecular formula is C18H19FO3. The van der Waals surface area contributed by atoms with Gasteiger partial charge in [-0.15, -0.1) is 0 Å². The van der Waals surface area contributed by atoms with Gasteiger partial charge in [-0.05, 0) is 41.7 Å². The third-order valence-electron chi connectivity index (χ3n) is 3.84. The predicted octanol–water partition coefficient (Wildman–Crippen LogP) is 3.74. The fourth-order valence-corrected chi connectivity index (χ4v) is 2.42. The van der Waals surface area contributed by atoms with E-state index in [0.717, 1.165) is 11.1 Å². The van der Waals surface area contributed by atoms with Crippen LogP contribution in [0.2, 0.25) is 0 Å². The molecule has 0 aliphatic heterocycles. The van der Waals surface area contributed by atoms with E-state index in [4.69, 9.17) is 0 Å². The van der Waals surface area contributed by atoms with Gasteiger partial charge in [0.1, 0.15) is 11.7 Å². The van der Waals surface area contributed by atoms with E-state index in [9.17, 15) is 19.4 Å². The summed E-state index contributed by atoms with van der Waals surface area (Å²) >= 11 is 0. The first-order chi connectivity index (χ1) is 10.4. The molecule has 0 aliphatic carbocycles. The van der Waals surface area contributed by atoms with Crippen LogP contribution < -0.4 is 0 Å². The Kier molecular flexibility index (Phi) is 4.93. The molecule has 0 saturated heterocycles. The minimum atomic E-state index is -1.05. The van der Waals surface area contributed by atoms with Gasteiger partial charge < -0.3 is 10.2 Å². The van der Waals surface area contributed by atoms with Crippen molar-refractivity contribution in [2.75, 3.05) is 0 Å². The monoisotopic (exact) mass is 302 g/mol. The Morgan fingerprint density at radius 2 is 1.73 bits per heavy atom. The van der Waals surface area contributed by atoms with E-state index in [1.165, 1.54) is 6.07 Å². The summed E-state index contributed by atoms with van der Waals surface area (Å²) in [5.41, 5.74) is 2.66. The van der Waals surface area contributed by atoms with E-state index < -0.39 is 18.0 Å². The lowest BCUT2D eigenvalue weighted by atomic mass is 9.90. The van der Waals surface area contributed by atoms with Crippen LogP contribution in [0, 0.1) is 12.7 Å². The van der Waals surface area contributed by atoms with Gasteiger partial charge in [-0.2, -0.15) is 0 Å². The lowest BCUT2D eigenvalue weighted by Crippen LogP contribution is -2.25. The van der Waals surface area contributed by atoms with E-state index in [1.807, 2.05) is 6.07 Å². The van der Waals surface area contributed by atoms with Crippen LogP contribution in [0.25, 0.3) is 11.1 Å². The Balaban J connectivity index is 2.33. The fraction of sp³-hybridized carbons (Fsp3) is 0.278. The number of benzene rings is 2. The smallest absolute Gasteiger partial charge is 0.313 e. The van der Waals surface area contributed by atoms with Gasteiger partial charge in [0, 0.05) is 0 Å². The van der Waals surface area contributed by atoms with E-state index in [0.29, 0.717) is 17.5 Å². The van der Waals surface area contributed by atoms with Crippen molar-refractivity contribution < 1.29 is 19.4 Å². The molecule has 2 aromatic carbocycles. The molecule has 2 rings (SSSR count). The van der Waals surface area contributed by atoms with Gasteiger partial charge in [0.2, 0.25) is 0 Å². The number of carboxylic acid groups (broad SMARTS) is 1. The quantitative estimate of drug-likeness (QED) is 0.884. The van der Waals surface area contributed by atoms with Crippen LogP contribution in [-0.2, 0) is 4.79 Å². The summed E-state index contributed by atoms with van der Waals surface area (Å²) in [7, 11) is 0. The molecule has 2 atom stereocenters. The average molecular weight is 302 g/mol. The van der Waals surface area contributed by atoms with Gasteiger partial charge in [0.15, 0.2) is 0 Å². The number of carbonyl (C=O) groups is 1. The summed E-state index contributed by atoms with van der Waals surface area (Å²) < 4.78 is 13.6. The second-order valence-corrected chi connectivity index (χ2v) is 5.38. The number of aryl methyl sites for hydroxylation is 1. The van der Waals surface area contributed by atoms with Gasteiger partial charge in [-0.25, -0.2) is 4.39 Å². The van der Waals surface area contributed by atoms with Crippen LogP contribution in [0.1, 0.15) is 30.4 Å². The van der Waals surface area contributed by atoms with Crippen molar-refractivity contribution in [1.82, 2.24) is 0 Å². The Labute approximate surface area is 129 Å². The standard InChI is InChI=1S/C18H19FO3/c1-3-16(20)17(18(21)22)13-8-6-12(7-9-13)14-5-4-11(2)15(19)10-14/h4-10,16-17,20H,3H2,1-2H3,(H,21,22). The Hall–Kier alpha value is -2.20. The highest BCUT2D eigenvalue weighted by Gasteiger charge is 2.26. The second kappa shape index (κ2) is 6.71. The Bertz CT molecular complexity index is 665. The molecule has 0 bridgehead atoms. The number of carboxylic acids is 1. The lowest BCUT2D eigenvalue weighted by molar-refractivity contribution is -0.141. The van der Waals surface area contributed by atoms with Gasteiger partial charge in [-0.3, -0.25) is 4.79 Å². The summed E-state index contributed by atoms with van der Waals surface area (Å²) in [5, 5.41) is 19.1. The highest BCUT2D eigenvalue weighted by molar-refractivity contribution is 5.77. The second-order valence-electron chi connectivity index (χ2n) is 5.38. The number of aliphatic carboxylic acids is 1. The molecule has 3 nitrogen and oxygen atoms in total. The van der Waals surface area contributed by atoms with E-state index >= 15 is 0 Å². The maximum Gasteiger partial charge on any atom is 0.313 e. The van der Waals surface area contributed by atoms with Gasteiger partial charge in [-0.1, -0.05) is 43.3 Å². The number of aliphatic hydroxyl groups is 1. The molecule has 0 aromatic heterocycles. The Morgan fingerprint density at radius 3 is 2.23 bits per heavy atom. The van der Waals surface area contributed by atoms with Crippen molar-refractivity contribution in [2.24, 2.45) is 0 Å². The normalized spacial score (nSPS) is 13.6. The maximum absolute atomic E-state index is 13.6. The fourth-order valence-electron chi connectivity index (χ4n) is 2.42. The van der Waals surface area contributed by atoms with Crippen molar-refractivity contribution >= 4 is 5.97 Å². The third kappa shape index (κ3) is 3.34. The van der Waals surface area contributed by atoms with Crippen LogP contribution >= 0.6 is 0 Å². The summed E-state index contributed by atoms with van der Waals surface area (Å²) in [6, 6.07) is 11.8. The van der Waals surface area contributed by atoms with Gasteiger partial charge >= 0.3 is 5.97 Å². The van der Waals surface area contributed by atoms with Gasteiger partial charge in [0.25, 0.3) is 0 Å². The third-order valence-corrected chi connectivity index (χ3v) is 3.84. The van der Waals surface area contributed by atoms with Crippen LogP contribution in [0.15, 0.2) is 42.5 Å². The van der Waals surface area contributed by atoms with Crippen LogP contribution in [-0.4, -0.2) is 22.3 Å². The number of rotatable bonds is 5. The zero-order valence-electron chi connectivity index (χ0n) is 12.6. The van der Waals surface area contributed by atoms with Crippen molar-refractivity contribution in [3.8, 4) is 11.1 Å². The molecule has 4 heteroatoms. The minimum Gasteiger partial charge on any atom is -0.481 e. The van der Waals surface area contributed by atoms with Gasteiger partial charge in [0.05, 0.1) is 6.10 Å². The highest BCUT2D eigenvalue weighted by atomic mass is 19.1. The lowest BCUT2D eigenvalue weighted by Gasteiger charge is -2.18. The highest BCUT2D eigenvalue weighted by Crippen LogP contribution is 2.27. The average Bonchev–Trinajstić information content (AvgIpc) is 2.50. The molecule has 0 heterocycles. The zero-order chi connectivity index (χ0) is 16.3. The largest absolute Gasteiger partial charge is 0.481 e.